The zero-order valence-electron chi connectivity index (χ0n) is 11.1. The fourth-order valence-electron chi connectivity index (χ4n) is 3.33. The molecule has 1 heterocycles. The molecule has 1 aromatic rings. The van der Waals surface area contributed by atoms with Crippen LogP contribution >= 0.6 is 0 Å². The maximum atomic E-state index is 4.10. The van der Waals surface area contributed by atoms with Gasteiger partial charge in [-0.25, -0.2) is 4.98 Å². The van der Waals surface area contributed by atoms with Crippen molar-refractivity contribution in [3.8, 4) is 0 Å². The molecule has 1 N–H and O–H groups in total. The highest BCUT2D eigenvalue weighted by Crippen LogP contribution is 2.47. The lowest BCUT2D eigenvalue weighted by atomic mass is 9.86. The second-order valence-corrected chi connectivity index (χ2v) is 6.02. The lowest BCUT2D eigenvalue weighted by molar-refractivity contribution is 0.341. The van der Waals surface area contributed by atoms with Gasteiger partial charge >= 0.3 is 0 Å². The Kier molecular flexibility index (Phi) is 3.82. The van der Waals surface area contributed by atoms with Gasteiger partial charge in [-0.15, -0.1) is 0 Å². The van der Waals surface area contributed by atoms with Gasteiger partial charge in [0, 0.05) is 17.8 Å². The molecule has 98 valence electrons. The molecule has 0 unspecified atom stereocenters. The summed E-state index contributed by atoms with van der Waals surface area (Å²) >= 11 is 0. The second kappa shape index (κ2) is 5.73. The molecule has 2 heteroatoms. The third-order valence-electron chi connectivity index (χ3n) is 4.61. The largest absolute Gasteiger partial charge is 0.348 e. The van der Waals surface area contributed by atoms with Crippen LogP contribution in [-0.4, -0.2) is 9.97 Å². The van der Waals surface area contributed by atoms with Crippen LogP contribution in [-0.2, 0) is 0 Å². The highest BCUT2D eigenvalue weighted by Gasteiger charge is 2.36. The minimum atomic E-state index is 0.721. The summed E-state index contributed by atoms with van der Waals surface area (Å²) < 4.78 is 0. The number of aromatic nitrogens is 2. The molecule has 0 amide bonds. The van der Waals surface area contributed by atoms with E-state index in [2.05, 4.69) is 22.1 Å². The van der Waals surface area contributed by atoms with Crippen LogP contribution in [0.3, 0.4) is 0 Å². The summed E-state index contributed by atoms with van der Waals surface area (Å²) in [4.78, 5) is 7.32. The molecule has 2 saturated carbocycles. The number of nitrogens with zero attached hydrogens (tertiary/aromatic N) is 1. The summed E-state index contributed by atoms with van der Waals surface area (Å²) in [5.74, 6) is 2.52. The average Bonchev–Trinajstić information content (AvgIpc) is 2.98. The van der Waals surface area contributed by atoms with Gasteiger partial charge in [0.1, 0.15) is 0 Å². The van der Waals surface area contributed by atoms with Crippen molar-refractivity contribution in [1.82, 2.24) is 9.97 Å². The first-order valence-corrected chi connectivity index (χ1v) is 7.58. The summed E-state index contributed by atoms with van der Waals surface area (Å²) in [6, 6.07) is 0. The quantitative estimate of drug-likeness (QED) is 0.763. The van der Waals surface area contributed by atoms with Crippen LogP contribution in [0, 0.1) is 11.8 Å². The van der Waals surface area contributed by atoms with Crippen molar-refractivity contribution in [2.24, 2.45) is 11.8 Å². The normalized spacial score (nSPS) is 28.9. The van der Waals surface area contributed by atoms with Crippen molar-refractivity contribution in [3.05, 3.63) is 30.4 Å². The molecular formula is C16H24N2. The van der Waals surface area contributed by atoms with E-state index in [0.717, 1.165) is 17.8 Å². The van der Waals surface area contributed by atoms with Gasteiger partial charge in [-0.2, -0.15) is 0 Å². The Morgan fingerprint density at radius 1 is 1.28 bits per heavy atom. The van der Waals surface area contributed by atoms with Gasteiger partial charge in [-0.05, 0) is 31.1 Å². The van der Waals surface area contributed by atoms with E-state index in [1.54, 1.807) is 6.33 Å². The number of allylic oxidation sites excluding steroid dienone is 2. The Hall–Kier alpha value is -1.05. The van der Waals surface area contributed by atoms with Gasteiger partial charge in [0.2, 0.25) is 0 Å². The maximum absolute atomic E-state index is 4.10. The van der Waals surface area contributed by atoms with Crippen LogP contribution in [0.2, 0.25) is 0 Å². The van der Waals surface area contributed by atoms with E-state index < -0.39 is 0 Å². The summed E-state index contributed by atoms with van der Waals surface area (Å²) in [6.07, 6.45) is 20.0. The van der Waals surface area contributed by atoms with Crippen LogP contribution < -0.4 is 0 Å². The predicted octanol–water partition coefficient (Wildman–Crippen LogP) is 4.43. The van der Waals surface area contributed by atoms with Crippen LogP contribution in [0.1, 0.15) is 63.0 Å². The molecule has 0 spiro atoms. The average molecular weight is 244 g/mol. The molecule has 2 aliphatic rings. The number of aromatic amines is 1. The molecule has 2 aliphatic carbocycles. The van der Waals surface area contributed by atoms with Crippen molar-refractivity contribution >= 4 is 0 Å². The summed E-state index contributed by atoms with van der Waals surface area (Å²) in [6.45, 7) is 0. The topological polar surface area (TPSA) is 28.7 Å². The zero-order valence-corrected chi connectivity index (χ0v) is 11.1. The third kappa shape index (κ3) is 3.04. The first-order chi connectivity index (χ1) is 8.93. The van der Waals surface area contributed by atoms with Crippen molar-refractivity contribution < 1.29 is 0 Å². The van der Waals surface area contributed by atoms with Crippen molar-refractivity contribution in [3.63, 3.8) is 0 Å². The number of H-pyrrole nitrogens is 1. The minimum absolute atomic E-state index is 0.721. The highest BCUT2D eigenvalue weighted by molar-refractivity contribution is 5.19. The van der Waals surface area contributed by atoms with Crippen molar-refractivity contribution in [2.75, 3.05) is 0 Å². The van der Waals surface area contributed by atoms with Crippen LogP contribution in [0.5, 0.6) is 0 Å². The number of imidazole rings is 1. The fraction of sp³-hybridized carbons (Fsp3) is 0.688. The fourth-order valence-corrected chi connectivity index (χ4v) is 3.33. The van der Waals surface area contributed by atoms with Gasteiger partial charge in [-0.3, -0.25) is 0 Å². The molecule has 0 bridgehead atoms. The van der Waals surface area contributed by atoms with E-state index in [-0.39, 0.29) is 0 Å². The lowest BCUT2D eigenvalue weighted by Crippen LogP contribution is -2.05. The second-order valence-electron chi connectivity index (χ2n) is 6.02. The summed E-state index contributed by atoms with van der Waals surface area (Å²) in [5.41, 5.74) is 1.32. The number of hydrogen-bond acceptors (Lipinski definition) is 1. The lowest BCUT2D eigenvalue weighted by Gasteiger charge is -2.20. The monoisotopic (exact) mass is 244 g/mol. The molecule has 2 fully saturated rings. The van der Waals surface area contributed by atoms with E-state index in [4.69, 9.17) is 0 Å². The maximum Gasteiger partial charge on any atom is 0.0921 e. The molecule has 0 saturated heterocycles. The number of rotatable bonds is 5. The Morgan fingerprint density at radius 2 is 2.17 bits per heavy atom. The molecule has 18 heavy (non-hydrogen) atoms. The van der Waals surface area contributed by atoms with E-state index >= 15 is 0 Å². The van der Waals surface area contributed by atoms with Gasteiger partial charge < -0.3 is 4.98 Å². The van der Waals surface area contributed by atoms with Crippen LogP contribution in [0.4, 0.5) is 0 Å². The predicted molar refractivity (Wildman–Crippen MR) is 74.4 cm³/mol. The first-order valence-electron chi connectivity index (χ1n) is 7.58. The minimum Gasteiger partial charge on any atom is -0.348 e. The van der Waals surface area contributed by atoms with Gasteiger partial charge in [-0.1, -0.05) is 44.3 Å². The first kappa shape index (κ1) is 12.0. The van der Waals surface area contributed by atoms with E-state index in [0.29, 0.717) is 0 Å². The Balaban J connectivity index is 1.35. The van der Waals surface area contributed by atoms with E-state index in [1.807, 2.05) is 6.20 Å². The van der Waals surface area contributed by atoms with E-state index in [1.165, 1.54) is 57.1 Å². The Morgan fingerprint density at radius 3 is 2.94 bits per heavy atom. The SMILES string of the molecule is C(=C[C@@H]1C[C@@H]1c1cnc[nH]1)CCC1CCCCC1. The van der Waals surface area contributed by atoms with Crippen molar-refractivity contribution in [2.45, 2.75) is 57.3 Å². The Labute approximate surface area is 110 Å². The molecule has 2 atom stereocenters. The van der Waals surface area contributed by atoms with Crippen LogP contribution in [0.25, 0.3) is 0 Å². The molecule has 0 radical (unpaired) electrons. The molecular weight excluding hydrogens is 220 g/mol. The standard InChI is InChI=1S/C16H24N2/c1-2-6-13(7-3-1)8-4-5-9-14-10-15(14)16-11-17-12-18-16/h5,9,11-15H,1-4,6-8,10H2,(H,17,18)/t14-,15+/m1/s1. The molecule has 1 aromatic heterocycles. The third-order valence-corrected chi connectivity index (χ3v) is 4.61. The smallest absolute Gasteiger partial charge is 0.0921 e. The highest BCUT2D eigenvalue weighted by atomic mass is 14.9. The van der Waals surface area contributed by atoms with Gasteiger partial charge in [0.25, 0.3) is 0 Å². The summed E-state index contributed by atoms with van der Waals surface area (Å²) in [5, 5.41) is 0. The molecule has 2 nitrogen and oxygen atoms in total. The molecule has 0 aromatic carbocycles. The number of nitrogens with one attached hydrogen (secondary N) is 1. The Bertz CT molecular complexity index is 374. The molecule has 0 aliphatic heterocycles. The van der Waals surface area contributed by atoms with Crippen LogP contribution in [0.15, 0.2) is 24.7 Å². The zero-order chi connectivity index (χ0) is 12.2. The van der Waals surface area contributed by atoms with Crippen molar-refractivity contribution in [1.29, 1.82) is 0 Å². The van der Waals surface area contributed by atoms with Gasteiger partial charge in [0.15, 0.2) is 0 Å². The van der Waals surface area contributed by atoms with Gasteiger partial charge in [0.05, 0.1) is 6.33 Å². The summed E-state index contributed by atoms with van der Waals surface area (Å²) in [7, 11) is 0. The number of hydrogen-bond donors (Lipinski definition) is 1. The van der Waals surface area contributed by atoms with E-state index in [9.17, 15) is 0 Å². The molecule has 3 rings (SSSR count).